The van der Waals surface area contributed by atoms with Gasteiger partial charge in [0.25, 0.3) is 0 Å². The fourth-order valence-electron chi connectivity index (χ4n) is 2.02. The second-order valence-corrected chi connectivity index (χ2v) is 11.5. The molecule has 0 aromatic carbocycles. The minimum atomic E-state index is -1.69. The third-order valence-corrected chi connectivity index (χ3v) is 8.81. The minimum absolute atomic E-state index is 0.0984. The molecule has 0 unspecified atom stereocenters. The molecule has 104 valence electrons. The highest BCUT2D eigenvalue weighted by atomic mass is 28.4. The predicted molar refractivity (Wildman–Crippen MR) is 80.2 cm³/mol. The summed E-state index contributed by atoms with van der Waals surface area (Å²) in [5, 5.41) is 9.29. The Morgan fingerprint density at radius 1 is 1.44 bits per heavy atom. The van der Waals surface area contributed by atoms with Crippen LogP contribution in [0.25, 0.3) is 0 Å². The molecule has 1 fully saturated rings. The zero-order valence-corrected chi connectivity index (χ0v) is 13.5. The molecule has 1 aliphatic carbocycles. The van der Waals surface area contributed by atoms with E-state index in [0.717, 1.165) is 19.3 Å². The first-order valence-corrected chi connectivity index (χ1v) is 9.74. The molecule has 0 radical (unpaired) electrons. The Kier molecular flexibility index (Phi) is 4.98. The third-order valence-electron chi connectivity index (χ3n) is 4.27. The first-order valence-electron chi connectivity index (χ1n) is 6.83. The summed E-state index contributed by atoms with van der Waals surface area (Å²) in [6.45, 7) is 15.6. The van der Waals surface area contributed by atoms with Crippen LogP contribution in [-0.4, -0.2) is 26.1 Å². The van der Waals surface area contributed by atoms with Crippen LogP contribution in [-0.2, 0) is 4.43 Å². The van der Waals surface area contributed by atoms with Gasteiger partial charge in [0.05, 0.1) is 6.61 Å². The molecule has 0 aromatic rings. The summed E-state index contributed by atoms with van der Waals surface area (Å²) < 4.78 is 6.44. The number of aliphatic hydroxyl groups excluding tert-OH is 1. The Morgan fingerprint density at radius 3 is 2.56 bits per heavy atom. The monoisotopic (exact) mass is 268 g/mol. The Hall–Kier alpha value is -0.383. The van der Waals surface area contributed by atoms with Crippen molar-refractivity contribution >= 4 is 8.32 Å². The fourth-order valence-corrected chi connectivity index (χ4v) is 3.41. The van der Waals surface area contributed by atoms with Crippen molar-refractivity contribution in [1.82, 2.24) is 0 Å². The van der Waals surface area contributed by atoms with Crippen LogP contribution >= 0.6 is 0 Å². The molecule has 1 N–H and O–H groups in total. The van der Waals surface area contributed by atoms with Crippen molar-refractivity contribution in [2.75, 3.05) is 6.61 Å². The van der Waals surface area contributed by atoms with E-state index in [2.05, 4.69) is 40.4 Å². The van der Waals surface area contributed by atoms with Crippen LogP contribution in [0.4, 0.5) is 0 Å². The number of allylic oxidation sites excluding steroid dienone is 1. The van der Waals surface area contributed by atoms with Crippen LogP contribution < -0.4 is 0 Å². The van der Waals surface area contributed by atoms with Crippen molar-refractivity contribution in [3.63, 3.8) is 0 Å². The summed E-state index contributed by atoms with van der Waals surface area (Å²) in [4.78, 5) is 0. The lowest BCUT2D eigenvalue weighted by Gasteiger charge is -2.41. The molecule has 1 saturated carbocycles. The lowest BCUT2D eigenvalue weighted by atomic mass is 9.88. The van der Waals surface area contributed by atoms with Crippen molar-refractivity contribution in [3.8, 4) is 0 Å². The van der Waals surface area contributed by atoms with Gasteiger partial charge in [-0.1, -0.05) is 39.0 Å². The smallest absolute Gasteiger partial charge is 0.192 e. The van der Waals surface area contributed by atoms with E-state index in [1.54, 1.807) is 0 Å². The molecule has 0 heterocycles. The van der Waals surface area contributed by atoms with Gasteiger partial charge in [-0.2, -0.15) is 0 Å². The lowest BCUT2D eigenvalue weighted by molar-refractivity contribution is 0.164. The van der Waals surface area contributed by atoms with E-state index in [1.807, 2.05) is 6.08 Å². The summed E-state index contributed by atoms with van der Waals surface area (Å²) in [6.07, 6.45) is 5.14. The zero-order chi connectivity index (χ0) is 14.0. The van der Waals surface area contributed by atoms with Crippen LogP contribution in [0.5, 0.6) is 0 Å². The van der Waals surface area contributed by atoms with Gasteiger partial charge in [-0.3, -0.25) is 0 Å². The number of hydrogen-bond acceptors (Lipinski definition) is 2. The van der Waals surface area contributed by atoms with Crippen LogP contribution in [0.2, 0.25) is 18.1 Å². The van der Waals surface area contributed by atoms with E-state index in [4.69, 9.17) is 9.53 Å². The van der Waals surface area contributed by atoms with Crippen molar-refractivity contribution in [2.24, 2.45) is 0 Å². The van der Waals surface area contributed by atoms with E-state index < -0.39 is 8.32 Å². The van der Waals surface area contributed by atoms with E-state index in [1.165, 1.54) is 11.1 Å². The highest BCUT2D eigenvalue weighted by Crippen LogP contribution is 2.40. The lowest BCUT2D eigenvalue weighted by Crippen LogP contribution is -2.44. The number of hydrogen-bond donors (Lipinski definition) is 1. The van der Waals surface area contributed by atoms with Gasteiger partial charge in [0.15, 0.2) is 8.32 Å². The maximum atomic E-state index is 9.03. The molecule has 0 aromatic heterocycles. The van der Waals surface area contributed by atoms with E-state index in [0.29, 0.717) is 6.10 Å². The van der Waals surface area contributed by atoms with Crippen LogP contribution in [0.3, 0.4) is 0 Å². The zero-order valence-electron chi connectivity index (χ0n) is 12.5. The average molecular weight is 268 g/mol. The highest BCUT2D eigenvalue weighted by molar-refractivity contribution is 6.74. The number of rotatable bonds is 3. The summed E-state index contributed by atoms with van der Waals surface area (Å²) in [5.41, 5.74) is 2.35. The summed E-state index contributed by atoms with van der Waals surface area (Å²) >= 11 is 0. The van der Waals surface area contributed by atoms with Crippen molar-refractivity contribution < 1.29 is 9.53 Å². The maximum absolute atomic E-state index is 9.03. The van der Waals surface area contributed by atoms with Gasteiger partial charge in [-0.15, -0.1) is 0 Å². The Balaban J connectivity index is 2.70. The largest absolute Gasteiger partial charge is 0.414 e. The SMILES string of the molecule is C=C1CC[C@H](O[Si](C)(C)C(C)(C)C)C/C1=C/CO. The van der Waals surface area contributed by atoms with Crippen LogP contribution in [0.15, 0.2) is 23.8 Å². The second kappa shape index (κ2) is 5.72. The molecule has 1 rings (SSSR count). The third kappa shape index (κ3) is 3.80. The molecule has 0 amide bonds. The maximum Gasteiger partial charge on any atom is 0.192 e. The minimum Gasteiger partial charge on any atom is -0.414 e. The normalized spacial score (nSPS) is 24.7. The molecule has 18 heavy (non-hydrogen) atoms. The molecule has 3 heteroatoms. The standard InChI is InChI=1S/C15H28O2Si/c1-12-7-8-14(11-13(12)9-10-16)17-18(5,6)15(2,3)4/h9,14,16H,1,7-8,10-11H2,2-6H3/b13-9-/t14-/m0/s1. The molecule has 1 atom stereocenters. The van der Waals surface area contributed by atoms with Gasteiger partial charge >= 0.3 is 0 Å². The molecule has 1 aliphatic rings. The molecule has 0 aliphatic heterocycles. The van der Waals surface area contributed by atoms with Gasteiger partial charge in [-0.05, 0) is 43.0 Å². The topological polar surface area (TPSA) is 29.5 Å². The van der Waals surface area contributed by atoms with Gasteiger partial charge in [0.1, 0.15) is 0 Å². The molecule has 0 saturated heterocycles. The van der Waals surface area contributed by atoms with Crippen molar-refractivity contribution in [1.29, 1.82) is 0 Å². The van der Waals surface area contributed by atoms with Gasteiger partial charge in [0.2, 0.25) is 0 Å². The van der Waals surface area contributed by atoms with Gasteiger partial charge in [0, 0.05) is 6.10 Å². The molecule has 0 spiro atoms. The van der Waals surface area contributed by atoms with Gasteiger partial charge in [-0.25, -0.2) is 0 Å². The first kappa shape index (κ1) is 15.7. The quantitative estimate of drug-likeness (QED) is 0.783. The second-order valence-electron chi connectivity index (χ2n) is 6.76. The van der Waals surface area contributed by atoms with Crippen molar-refractivity contribution in [2.45, 2.75) is 64.3 Å². The average Bonchev–Trinajstić information content (AvgIpc) is 2.21. The molecule has 2 nitrogen and oxygen atoms in total. The molecule has 0 bridgehead atoms. The Bertz CT molecular complexity index is 337. The number of aliphatic hydroxyl groups is 1. The Morgan fingerprint density at radius 2 is 2.06 bits per heavy atom. The van der Waals surface area contributed by atoms with E-state index in [-0.39, 0.29) is 11.6 Å². The molecular formula is C15H28O2Si. The van der Waals surface area contributed by atoms with Crippen LogP contribution in [0.1, 0.15) is 40.0 Å². The summed E-state index contributed by atoms with van der Waals surface area (Å²) in [7, 11) is -1.69. The highest BCUT2D eigenvalue weighted by Gasteiger charge is 2.39. The fraction of sp³-hybridized carbons (Fsp3) is 0.733. The van der Waals surface area contributed by atoms with E-state index >= 15 is 0 Å². The van der Waals surface area contributed by atoms with E-state index in [9.17, 15) is 0 Å². The van der Waals surface area contributed by atoms with Crippen molar-refractivity contribution in [3.05, 3.63) is 23.8 Å². The predicted octanol–water partition coefficient (Wildman–Crippen LogP) is 4.04. The van der Waals surface area contributed by atoms with Crippen LogP contribution in [0, 0.1) is 0 Å². The first-order chi connectivity index (χ1) is 8.17. The van der Waals surface area contributed by atoms with Gasteiger partial charge < -0.3 is 9.53 Å². The summed E-state index contributed by atoms with van der Waals surface area (Å²) in [5.74, 6) is 0. The Labute approximate surface area is 113 Å². The molecular weight excluding hydrogens is 240 g/mol. The summed E-state index contributed by atoms with van der Waals surface area (Å²) in [6, 6.07) is 0.